The summed E-state index contributed by atoms with van der Waals surface area (Å²) in [4.78, 5) is 22.7. The summed E-state index contributed by atoms with van der Waals surface area (Å²) >= 11 is 2.01. The average molecular weight is 375 g/mol. The van der Waals surface area contributed by atoms with E-state index in [0.717, 1.165) is 3.57 Å². The first-order valence-corrected chi connectivity index (χ1v) is 6.61. The molecule has 0 aliphatic carbocycles. The number of carbonyl (C=O) groups is 2. The quantitative estimate of drug-likeness (QED) is 0.590. The van der Waals surface area contributed by atoms with Crippen LogP contribution in [0.5, 0.6) is 5.75 Å². The van der Waals surface area contributed by atoms with Gasteiger partial charge in [-0.05, 0) is 47.7 Å². The molecule has 0 heterocycles. The molecular formula is C13H14INO4. The summed E-state index contributed by atoms with van der Waals surface area (Å²) < 4.78 is 6.17. The zero-order chi connectivity index (χ0) is 14.4. The van der Waals surface area contributed by atoms with Crippen LogP contribution in [-0.2, 0) is 4.79 Å². The van der Waals surface area contributed by atoms with Crippen LogP contribution in [0.15, 0.2) is 30.9 Å². The number of benzene rings is 1. The highest BCUT2D eigenvalue weighted by Crippen LogP contribution is 2.22. The number of ether oxygens (including phenoxy) is 1. The fourth-order valence-electron chi connectivity index (χ4n) is 1.33. The normalized spacial score (nSPS) is 11.5. The molecule has 1 atom stereocenters. The number of carbonyl (C=O) groups excluding carboxylic acids is 1. The molecule has 0 bridgehead atoms. The van der Waals surface area contributed by atoms with Gasteiger partial charge in [-0.3, -0.25) is 4.79 Å². The summed E-state index contributed by atoms with van der Waals surface area (Å²) in [5.74, 6) is -1.24. The van der Waals surface area contributed by atoms with E-state index in [-0.39, 0.29) is 17.2 Å². The monoisotopic (exact) mass is 375 g/mol. The lowest BCUT2D eigenvalue weighted by atomic mass is 10.2. The topological polar surface area (TPSA) is 75.6 Å². The van der Waals surface area contributed by atoms with E-state index in [1.165, 1.54) is 6.07 Å². The minimum atomic E-state index is -1.09. The van der Waals surface area contributed by atoms with Crippen LogP contribution in [0.1, 0.15) is 17.3 Å². The Morgan fingerprint density at radius 2 is 2.26 bits per heavy atom. The summed E-state index contributed by atoms with van der Waals surface area (Å²) in [5, 5.41) is 11.7. The fourth-order valence-corrected chi connectivity index (χ4v) is 1.82. The summed E-state index contributed by atoms with van der Waals surface area (Å²) in [6, 6.07) is 4.76. The Morgan fingerprint density at radius 1 is 1.58 bits per heavy atom. The van der Waals surface area contributed by atoms with E-state index in [1.807, 2.05) is 22.6 Å². The lowest BCUT2D eigenvalue weighted by Crippen LogP contribution is -2.36. The number of amides is 1. The molecule has 5 nitrogen and oxygen atoms in total. The fraction of sp³-hybridized carbons (Fsp3) is 0.231. The maximum Gasteiger partial charge on any atom is 0.339 e. The molecule has 0 saturated carbocycles. The first-order valence-electron chi connectivity index (χ1n) is 5.53. The van der Waals surface area contributed by atoms with Gasteiger partial charge in [0.1, 0.15) is 11.3 Å². The van der Waals surface area contributed by atoms with Crippen molar-refractivity contribution in [3.63, 3.8) is 0 Å². The highest BCUT2D eigenvalue weighted by Gasteiger charge is 2.18. The van der Waals surface area contributed by atoms with Crippen molar-refractivity contribution in [2.75, 3.05) is 6.54 Å². The van der Waals surface area contributed by atoms with Gasteiger partial charge in [0.2, 0.25) is 0 Å². The zero-order valence-corrected chi connectivity index (χ0v) is 12.5. The molecule has 0 aliphatic rings. The number of rotatable bonds is 6. The highest BCUT2D eigenvalue weighted by molar-refractivity contribution is 14.1. The largest absolute Gasteiger partial charge is 0.480 e. The second kappa shape index (κ2) is 7.13. The molecule has 1 amide bonds. The number of carboxylic acid groups (broad SMARTS) is 1. The Kier molecular flexibility index (Phi) is 5.81. The molecule has 0 aromatic heterocycles. The molecular weight excluding hydrogens is 361 g/mol. The Morgan fingerprint density at radius 3 is 2.84 bits per heavy atom. The van der Waals surface area contributed by atoms with Crippen LogP contribution >= 0.6 is 22.6 Å². The molecule has 1 rings (SSSR count). The maximum atomic E-state index is 11.6. The second-order valence-corrected chi connectivity index (χ2v) is 4.99. The van der Waals surface area contributed by atoms with Gasteiger partial charge in [0.15, 0.2) is 6.10 Å². The molecule has 0 aliphatic heterocycles. The van der Waals surface area contributed by atoms with Gasteiger partial charge < -0.3 is 15.2 Å². The molecule has 2 N–H and O–H groups in total. The predicted molar refractivity (Wildman–Crippen MR) is 79.4 cm³/mol. The molecule has 1 unspecified atom stereocenters. The van der Waals surface area contributed by atoms with E-state index >= 15 is 0 Å². The Balaban J connectivity index is 2.84. The number of hydrogen-bond acceptors (Lipinski definition) is 3. The van der Waals surface area contributed by atoms with Crippen LogP contribution in [0.2, 0.25) is 0 Å². The molecule has 19 heavy (non-hydrogen) atoms. The van der Waals surface area contributed by atoms with E-state index in [9.17, 15) is 9.59 Å². The van der Waals surface area contributed by atoms with Crippen molar-refractivity contribution in [3.05, 3.63) is 40.0 Å². The number of halogens is 1. The lowest BCUT2D eigenvalue weighted by molar-refractivity contribution is -0.127. The highest BCUT2D eigenvalue weighted by atomic mass is 127. The molecule has 0 spiro atoms. The maximum absolute atomic E-state index is 11.6. The van der Waals surface area contributed by atoms with E-state index in [0.29, 0.717) is 6.54 Å². The van der Waals surface area contributed by atoms with E-state index in [2.05, 4.69) is 11.9 Å². The first kappa shape index (κ1) is 15.5. The van der Waals surface area contributed by atoms with Crippen molar-refractivity contribution in [2.24, 2.45) is 0 Å². The smallest absolute Gasteiger partial charge is 0.339 e. The molecule has 0 radical (unpaired) electrons. The second-order valence-electron chi connectivity index (χ2n) is 3.74. The van der Waals surface area contributed by atoms with Crippen LogP contribution in [-0.4, -0.2) is 29.6 Å². The van der Waals surface area contributed by atoms with Crippen LogP contribution in [0.25, 0.3) is 0 Å². The van der Waals surface area contributed by atoms with E-state index < -0.39 is 12.1 Å². The van der Waals surface area contributed by atoms with Crippen LogP contribution in [0.4, 0.5) is 0 Å². The molecule has 6 heteroatoms. The van der Waals surface area contributed by atoms with Gasteiger partial charge in [0.25, 0.3) is 5.91 Å². The van der Waals surface area contributed by atoms with Crippen molar-refractivity contribution in [1.82, 2.24) is 5.32 Å². The third-order valence-electron chi connectivity index (χ3n) is 2.27. The SMILES string of the molecule is C=CCNC(=O)C(C)Oc1ccc(I)cc1C(=O)O. The van der Waals surface area contributed by atoms with Crippen molar-refractivity contribution in [1.29, 1.82) is 0 Å². The number of carboxylic acids is 1. The van der Waals surface area contributed by atoms with E-state index in [4.69, 9.17) is 9.84 Å². The molecule has 0 fully saturated rings. The van der Waals surface area contributed by atoms with Gasteiger partial charge in [-0.2, -0.15) is 0 Å². The number of hydrogen-bond donors (Lipinski definition) is 2. The van der Waals surface area contributed by atoms with Gasteiger partial charge in [0.05, 0.1) is 0 Å². The Labute approximate surface area is 124 Å². The molecule has 1 aromatic rings. The third kappa shape index (κ3) is 4.55. The predicted octanol–water partition coefficient (Wildman–Crippen LogP) is 2.06. The first-order chi connectivity index (χ1) is 8.95. The van der Waals surface area contributed by atoms with Gasteiger partial charge in [-0.25, -0.2) is 4.79 Å². The lowest BCUT2D eigenvalue weighted by Gasteiger charge is -2.15. The minimum absolute atomic E-state index is 0.0373. The third-order valence-corrected chi connectivity index (χ3v) is 2.94. The van der Waals surface area contributed by atoms with Crippen LogP contribution < -0.4 is 10.1 Å². The molecule has 0 saturated heterocycles. The summed E-state index contributed by atoms with van der Waals surface area (Å²) in [5.41, 5.74) is 0.0373. The Hall–Kier alpha value is -1.57. The van der Waals surface area contributed by atoms with Gasteiger partial charge in [-0.1, -0.05) is 6.08 Å². The molecule has 102 valence electrons. The van der Waals surface area contributed by atoms with Crippen molar-refractivity contribution >= 4 is 34.5 Å². The molecule has 1 aromatic carbocycles. The summed E-state index contributed by atoms with van der Waals surface area (Å²) in [7, 11) is 0. The van der Waals surface area contributed by atoms with Crippen LogP contribution in [0, 0.1) is 3.57 Å². The van der Waals surface area contributed by atoms with E-state index in [1.54, 1.807) is 25.1 Å². The summed E-state index contributed by atoms with van der Waals surface area (Å²) in [6.45, 7) is 5.38. The van der Waals surface area contributed by atoms with Crippen molar-refractivity contribution < 1.29 is 19.4 Å². The minimum Gasteiger partial charge on any atom is -0.480 e. The van der Waals surface area contributed by atoms with Gasteiger partial charge in [0, 0.05) is 10.1 Å². The summed E-state index contributed by atoms with van der Waals surface area (Å²) in [6.07, 6.45) is 0.774. The number of nitrogens with one attached hydrogen (secondary N) is 1. The van der Waals surface area contributed by atoms with Gasteiger partial charge >= 0.3 is 5.97 Å². The zero-order valence-electron chi connectivity index (χ0n) is 10.4. The van der Waals surface area contributed by atoms with Gasteiger partial charge in [-0.15, -0.1) is 6.58 Å². The van der Waals surface area contributed by atoms with Crippen molar-refractivity contribution in [2.45, 2.75) is 13.0 Å². The Bertz CT molecular complexity index is 501. The standard InChI is InChI=1S/C13H14INO4/c1-3-6-15-12(16)8(2)19-11-5-4-9(14)7-10(11)13(17)18/h3-5,7-8H,1,6H2,2H3,(H,15,16)(H,17,18). The van der Waals surface area contributed by atoms with Crippen molar-refractivity contribution in [3.8, 4) is 5.75 Å². The number of aromatic carboxylic acids is 1. The average Bonchev–Trinajstić information content (AvgIpc) is 2.37. The van der Waals surface area contributed by atoms with Crippen LogP contribution in [0.3, 0.4) is 0 Å².